The highest BCUT2D eigenvalue weighted by atomic mass is 32.2. The molecule has 31 heavy (non-hydrogen) atoms. The van der Waals surface area contributed by atoms with Gasteiger partial charge in [0.15, 0.2) is 11.6 Å². The van der Waals surface area contributed by atoms with Crippen LogP contribution < -0.4 is 0 Å². The van der Waals surface area contributed by atoms with Crippen molar-refractivity contribution in [2.45, 2.75) is 75.8 Å². The number of aliphatic hydroxyl groups is 1. The van der Waals surface area contributed by atoms with Crippen LogP contribution in [-0.4, -0.2) is 33.0 Å². The zero-order chi connectivity index (χ0) is 21.8. The molecule has 5 rings (SSSR count). The number of pyridine rings is 1. The van der Waals surface area contributed by atoms with Gasteiger partial charge in [0.25, 0.3) is 0 Å². The van der Waals surface area contributed by atoms with Crippen LogP contribution in [0.25, 0.3) is 0 Å². The van der Waals surface area contributed by atoms with Crippen molar-refractivity contribution in [3.05, 3.63) is 35.5 Å². The summed E-state index contributed by atoms with van der Waals surface area (Å²) < 4.78 is 0. The number of carbonyl (C=O) groups excluding carboxylic acids is 2. The Kier molecular flexibility index (Phi) is 5.41. The van der Waals surface area contributed by atoms with E-state index in [1.807, 2.05) is 31.2 Å². The molecule has 6 atom stereocenters. The Morgan fingerprint density at radius 2 is 1.90 bits per heavy atom. The van der Waals surface area contributed by atoms with Crippen LogP contribution in [-0.2, 0) is 9.59 Å². The zero-order valence-electron chi connectivity index (χ0n) is 18.6. The van der Waals surface area contributed by atoms with Gasteiger partial charge in [0, 0.05) is 12.1 Å². The van der Waals surface area contributed by atoms with E-state index < -0.39 is 5.60 Å². The van der Waals surface area contributed by atoms with Crippen molar-refractivity contribution >= 4 is 23.3 Å². The summed E-state index contributed by atoms with van der Waals surface area (Å²) in [7, 11) is 0. The fraction of sp³-hybridized carbons (Fsp3) is 0.654. The van der Waals surface area contributed by atoms with E-state index >= 15 is 0 Å². The van der Waals surface area contributed by atoms with Crippen LogP contribution in [0.15, 0.2) is 34.9 Å². The average Bonchev–Trinajstić information content (AvgIpc) is 3.11. The summed E-state index contributed by atoms with van der Waals surface area (Å²) in [6.45, 7) is 4.33. The Morgan fingerprint density at radius 1 is 1.13 bits per heavy atom. The molecule has 0 bridgehead atoms. The Hall–Kier alpha value is -1.46. The molecule has 0 saturated heterocycles. The number of rotatable bonds is 4. The lowest BCUT2D eigenvalue weighted by atomic mass is 9.49. The lowest BCUT2D eigenvalue weighted by molar-refractivity contribution is -0.143. The number of Topliss-reactive ketones (excluding diaryl/α,β-unsaturated/α-hetero) is 1. The first-order valence-corrected chi connectivity index (χ1v) is 12.9. The molecule has 4 aliphatic rings. The minimum atomic E-state index is -1.17. The highest BCUT2D eigenvalue weighted by Gasteiger charge is 2.60. The molecule has 1 aromatic rings. The molecule has 3 fully saturated rings. The van der Waals surface area contributed by atoms with Crippen molar-refractivity contribution in [3.63, 3.8) is 0 Å². The molecule has 166 valence electrons. The normalized spacial score (nSPS) is 39.3. The number of fused-ring (bicyclic) bond motifs is 5. The maximum atomic E-state index is 13.2. The molecule has 4 aliphatic carbocycles. The van der Waals surface area contributed by atoms with Crippen LogP contribution in [0.3, 0.4) is 0 Å². The van der Waals surface area contributed by atoms with E-state index in [9.17, 15) is 14.7 Å². The van der Waals surface area contributed by atoms with Gasteiger partial charge >= 0.3 is 0 Å². The largest absolute Gasteiger partial charge is 0.382 e. The Bertz CT molecular complexity index is 942. The van der Waals surface area contributed by atoms with E-state index in [4.69, 9.17) is 0 Å². The smallest absolute Gasteiger partial charge is 0.174 e. The van der Waals surface area contributed by atoms with Crippen LogP contribution in [0.1, 0.15) is 64.0 Å². The summed E-state index contributed by atoms with van der Waals surface area (Å²) in [4.78, 5) is 29.7. The number of carbonyl (C=O) groups is 2. The van der Waals surface area contributed by atoms with Crippen molar-refractivity contribution < 1.29 is 14.7 Å². The minimum absolute atomic E-state index is 0.0161. The van der Waals surface area contributed by atoms with Crippen molar-refractivity contribution in [2.75, 3.05) is 5.75 Å². The molecule has 0 radical (unpaired) electrons. The van der Waals surface area contributed by atoms with Gasteiger partial charge in [0.05, 0.1) is 10.8 Å². The summed E-state index contributed by atoms with van der Waals surface area (Å²) in [6, 6.07) is 5.84. The first kappa shape index (κ1) is 21.4. The number of allylic oxidation sites excluding steroid dienone is 1. The first-order valence-electron chi connectivity index (χ1n) is 11.9. The highest BCUT2D eigenvalue weighted by Crippen LogP contribution is 2.63. The third-order valence-corrected chi connectivity index (χ3v) is 10.00. The SMILES string of the molecule is Cc1cccc(SCC(=O)[C@@]2(O)CCC3C4CCC5=CC(=O)CCC5(C)C4CCC32)n1. The second kappa shape index (κ2) is 7.84. The van der Waals surface area contributed by atoms with Crippen molar-refractivity contribution in [3.8, 4) is 0 Å². The second-order valence-electron chi connectivity index (χ2n) is 10.5. The first-order chi connectivity index (χ1) is 14.8. The molecular weight excluding hydrogens is 406 g/mol. The molecule has 4 nitrogen and oxygen atoms in total. The van der Waals surface area contributed by atoms with Gasteiger partial charge in [-0.05, 0) is 99.2 Å². The number of nitrogens with zero attached hydrogens (tertiary/aromatic N) is 1. The molecule has 0 spiro atoms. The molecule has 0 aliphatic heterocycles. The maximum absolute atomic E-state index is 13.2. The predicted molar refractivity (Wildman–Crippen MR) is 122 cm³/mol. The number of aryl methyl sites for hydroxylation is 1. The van der Waals surface area contributed by atoms with Gasteiger partial charge in [0.1, 0.15) is 5.60 Å². The summed E-state index contributed by atoms with van der Waals surface area (Å²) in [5.74, 6) is 2.25. The van der Waals surface area contributed by atoms with Gasteiger partial charge in [-0.25, -0.2) is 4.98 Å². The van der Waals surface area contributed by atoms with Crippen LogP contribution >= 0.6 is 11.8 Å². The summed E-state index contributed by atoms with van der Waals surface area (Å²) >= 11 is 1.44. The van der Waals surface area contributed by atoms with Gasteiger partial charge < -0.3 is 5.11 Å². The topological polar surface area (TPSA) is 67.3 Å². The number of aromatic nitrogens is 1. The molecule has 5 unspecified atom stereocenters. The van der Waals surface area contributed by atoms with Gasteiger partial charge in [-0.15, -0.1) is 0 Å². The van der Waals surface area contributed by atoms with Crippen LogP contribution in [0.2, 0.25) is 0 Å². The molecule has 1 aromatic heterocycles. The number of thioether (sulfide) groups is 1. The van der Waals surface area contributed by atoms with Crippen LogP contribution in [0.4, 0.5) is 0 Å². The van der Waals surface area contributed by atoms with Crippen molar-refractivity contribution in [1.82, 2.24) is 4.98 Å². The zero-order valence-corrected chi connectivity index (χ0v) is 19.4. The van der Waals surface area contributed by atoms with Crippen LogP contribution in [0, 0.1) is 36.0 Å². The average molecular weight is 440 g/mol. The molecular formula is C26H33NO3S. The van der Waals surface area contributed by atoms with Gasteiger partial charge in [-0.1, -0.05) is 30.3 Å². The molecule has 3 saturated carbocycles. The van der Waals surface area contributed by atoms with Gasteiger partial charge in [0.2, 0.25) is 0 Å². The van der Waals surface area contributed by atoms with E-state index in [0.29, 0.717) is 36.4 Å². The lowest BCUT2D eigenvalue weighted by Gasteiger charge is -2.55. The van der Waals surface area contributed by atoms with E-state index in [2.05, 4.69) is 11.9 Å². The monoisotopic (exact) mass is 439 g/mol. The summed E-state index contributed by atoms with van der Waals surface area (Å²) in [6.07, 6.45) is 9.24. The number of hydrogen-bond acceptors (Lipinski definition) is 5. The van der Waals surface area contributed by atoms with Gasteiger partial charge in [-0.3, -0.25) is 9.59 Å². The Labute approximate surface area is 189 Å². The molecule has 5 heteroatoms. The third kappa shape index (κ3) is 3.52. The highest BCUT2D eigenvalue weighted by molar-refractivity contribution is 7.99. The standard InChI is InChI=1S/C26H33NO3S/c1-16-4-3-5-24(27-16)31-15-23(29)26(30)13-11-20-19-7-6-17-14-18(28)10-12-25(17,2)21(19)8-9-22(20)26/h3-5,14,19-22,30H,6-13,15H2,1-2H3/t19?,20?,21?,22?,25?,26-/m1/s1. The molecule has 1 N–H and O–H groups in total. The summed E-state index contributed by atoms with van der Waals surface area (Å²) in [5, 5.41) is 12.4. The Morgan fingerprint density at radius 3 is 2.71 bits per heavy atom. The van der Waals surface area contributed by atoms with E-state index in [1.165, 1.54) is 17.3 Å². The minimum Gasteiger partial charge on any atom is -0.382 e. The Balaban J connectivity index is 1.31. The fourth-order valence-corrected chi connectivity index (χ4v) is 8.37. The molecule has 0 amide bonds. The number of ketones is 2. The molecule has 1 heterocycles. The van der Waals surface area contributed by atoms with Gasteiger partial charge in [-0.2, -0.15) is 0 Å². The van der Waals surface area contributed by atoms with Crippen molar-refractivity contribution in [1.29, 1.82) is 0 Å². The molecule has 0 aromatic carbocycles. The number of hydrogen-bond donors (Lipinski definition) is 1. The maximum Gasteiger partial charge on any atom is 0.174 e. The second-order valence-corrected chi connectivity index (χ2v) is 11.5. The fourth-order valence-electron chi connectivity index (χ4n) is 7.46. The summed E-state index contributed by atoms with van der Waals surface area (Å²) in [5.41, 5.74) is 1.28. The third-order valence-electron chi connectivity index (χ3n) is 9.07. The predicted octanol–water partition coefficient (Wildman–Crippen LogP) is 4.92. The quantitative estimate of drug-likeness (QED) is 0.674. The van der Waals surface area contributed by atoms with E-state index in [1.54, 1.807) is 0 Å². The van der Waals surface area contributed by atoms with Crippen molar-refractivity contribution in [2.24, 2.45) is 29.1 Å². The van der Waals surface area contributed by atoms with E-state index in [-0.39, 0.29) is 22.9 Å². The lowest BCUT2D eigenvalue weighted by Crippen LogP contribution is -2.52. The van der Waals surface area contributed by atoms with Crippen LogP contribution in [0.5, 0.6) is 0 Å². The van der Waals surface area contributed by atoms with E-state index in [0.717, 1.165) is 49.2 Å².